The van der Waals surface area contributed by atoms with Crippen molar-refractivity contribution in [2.24, 2.45) is 5.92 Å². The maximum absolute atomic E-state index is 12.0. The Morgan fingerprint density at radius 3 is 2.81 bits per heavy atom. The molecule has 1 aliphatic carbocycles. The zero-order chi connectivity index (χ0) is 19.4. The first kappa shape index (κ1) is 19.4. The molecule has 2 atom stereocenters. The van der Waals surface area contributed by atoms with Gasteiger partial charge >= 0.3 is 0 Å². The Balaban J connectivity index is 1.40. The maximum Gasteiger partial charge on any atom is 0.244 e. The lowest BCUT2D eigenvalue weighted by Crippen LogP contribution is -2.26. The lowest BCUT2D eigenvalue weighted by molar-refractivity contribution is -0.117. The van der Waals surface area contributed by atoms with Crippen molar-refractivity contribution < 1.29 is 14.0 Å². The molecule has 2 N–H and O–H groups in total. The molecule has 2 aromatic rings. The van der Waals surface area contributed by atoms with Gasteiger partial charge < -0.3 is 15.1 Å². The molecule has 2 amide bonds. The quantitative estimate of drug-likeness (QED) is 0.628. The summed E-state index contributed by atoms with van der Waals surface area (Å²) in [5.74, 6) is 2.47. The summed E-state index contributed by atoms with van der Waals surface area (Å²) in [5, 5.41) is 5.56. The van der Waals surface area contributed by atoms with Crippen molar-refractivity contribution in [3.8, 4) is 0 Å². The first-order valence-electron chi connectivity index (χ1n) is 9.04. The van der Waals surface area contributed by atoms with Gasteiger partial charge in [0.25, 0.3) is 0 Å². The van der Waals surface area contributed by atoms with E-state index in [9.17, 15) is 9.59 Å². The number of hydrogen-bond acceptors (Lipinski definition) is 3. The largest absolute Gasteiger partial charge is 0.461 e. The number of carbonyl (C=O) groups excluding carboxylic acids is 2. The monoisotopic (exact) mass is 430 g/mol. The van der Waals surface area contributed by atoms with Crippen LogP contribution in [-0.4, -0.2) is 18.4 Å². The van der Waals surface area contributed by atoms with Gasteiger partial charge in [0.15, 0.2) is 0 Å². The number of benzene rings is 1. The van der Waals surface area contributed by atoms with E-state index in [1.807, 2.05) is 37.3 Å². The molecule has 1 saturated carbocycles. The van der Waals surface area contributed by atoms with E-state index in [-0.39, 0.29) is 24.8 Å². The molecule has 1 heterocycles. The molecule has 1 aromatic carbocycles. The van der Waals surface area contributed by atoms with Crippen molar-refractivity contribution in [3.05, 3.63) is 58.0 Å². The van der Waals surface area contributed by atoms with Crippen molar-refractivity contribution in [2.45, 2.75) is 32.6 Å². The van der Waals surface area contributed by atoms with Crippen LogP contribution in [0.15, 0.2) is 45.3 Å². The van der Waals surface area contributed by atoms with Crippen LogP contribution in [0.2, 0.25) is 0 Å². The van der Waals surface area contributed by atoms with E-state index in [0.29, 0.717) is 17.6 Å². The summed E-state index contributed by atoms with van der Waals surface area (Å²) in [6.45, 7) is 4.40. The summed E-state index contributed by atoms with van der Waals surface area (Å²) in [6.07, 6.45) is 4.45. The van der Waals surface area contributed by atoms with Crippen molar-refractivity contribution in [2.75, 3.05) is 11.9 Å². The second kappa shape index (κ2) is 8.57. The molecule has 5 nitrogen and oxygen atoms in total. The van der Waals surface area contributed by atoms with Gasteiger partial charge in [0, 0.05) is 35.1 Å². The molecular weight excluding hydrogens is 408 g/mol. The van der Waals surface area contributed by atoms with Gasteiger partial charge in [-0.3, -0.25) is 9.59 Å². The lowest BCUT2D eigenvalue weighted by Gasteiger charge is -2.09. The first-order chi connectivity index (χ1) is 12.9. The van der Waals surface area contributed by atoms with Crippen molar-refractivity contribution in [1.82, 2.24) is 5.32 Å². The van der Waals surface area contributed by atoms with Crippen molar-refractivity contribution in [3.63, 3.8) is 0 Å². The molecule has 3 rings (SSSR count). The maximum atomic E-state index is 12.0. The SMILES string of the molecule is Cc1ccc(Br)cc1NC(=O)CCNC(=O)/C=C/c1ccc(C2CC2C)o1. The molecule has 0 aliphatic heterocycles. The Labute approximate surface area is 167 Å². The van der Waals surface area contributed by atoms with E-state index in [1.165, 1.54) is 12.5 Å². The zero-order valence-electron chi connectivity index (χ0n) is 15.4. The van der Waals surface area contributed by atoms with E-state index in [2.05, 4.69) is 33.5 Å². The van der Waals surface area contributed by atoms with E-state index in [0.717, 1.165) is 21.5 Å². The number of rotatable bonds is 7. The van der Waals surface area contributed by atoms with Crippen molar-refractivity contribution in [1.29, 1.82) is 0 Å². The number of anilines is 1. The highest BCUT2D eigenvalue weighted by Crippen LogP contribution is 2.47. The number of nitrogens with one attached hydrogen (secondary N) is 2. The minimum absolute atomic E-state index is 0.144. The molecule has 142 valence electrons. The lowest BCUT2D eigenvalue weighted by atomic mass is 10.2. The number of hydrogen-bond donors (Lipinski definition) is 2. The highest BCUT2D eigenvalue weighted by Gasteiger charge is 2.36. The van der Waals surface area contributed by atoms with Gasteiger partial charge in [-0.05, 0) is 55.2 Å². The van der Waals surface area contributed by atoms with Gasteiger partial charge in [0.2, 0.25) is 11.8 Å². The molecule has 6 heteroatoms. The summed E-state index contributed by atoms with van der Waals surface area (Å²) in [6, 6.07) is 9.55. The summed E-state index contributed by atoms with van der Waals surface area (Å²) in [7, 11) is 0. The summed E-state index contributed by atoms with van der Waals surface area (Å²) >= 11 is 3.39. The Hall–Kier alpha value is -2.34. The highest BCUT2D eigenvalue weighted by molar-refractivity contribution is 9.10. The summed E-state index contributed by atoms with van der Waals surface area (Å²) < 4.78 is 6.63. The van der Waals surface area contributed by atoms with Crippen LogP contribution >= 0.6 is 15.9 Å². The van der Waals surface area contributed by atoms with Crippen LogP contribution in [0.25, 0.3) is 6.08 Å². The first-order valence-corrected chi connectivity index (χ1v) is 9.83. The third-order valence-corrected chi connectivity index (χ3v) is 5.14. The molecule has 0 radical (unpaired) electrons. The van der Waals surface area contributed by atoms with E-state index in [4.69, 9.17) is 4.42 Å². The molecule has 1 fully saturated rings. The number of carbonyl (C=O) groups is 2. The average Bonchev–Trinajstić information content (AvgIpc) is 3.17. The average molecular weight is 431 g/mol. The zero-order valence-corrected chi connectivity index (χ0v) is 17.0. The smallest absolute Gasteiger partial charge is 0.244 e. The Kier molecular flexibility index (Phi) is 6.16. The van der Waals surface area contributed by atoms with Crippen LogP contribution in [0, 0.1) is 12.8 Å². The van der Waals surface area contributed by atoms with Crippen LogP contribution in [0.5, 0.6) is 0 Å². The number of furan rings is 1. The number of aryl methyl sites for hydroxylation is 1. The normalized spacial score (nSPS) is 18.5. The van der Waals surface area contributed by atoms with Crippen LogP contribution in [0.3, 0.4) is 0 Å². The van der Waals surface area contributed by atoms with Gasteiger partial charge in [-0.15, -0.1) is 0 Å². The molecule has 0 spiro atoms. The summed E-state index contributed by atoms with van der Waals surface area (Å²) in [4.78, 5) is 23.9. The van der Waals surface area contributed by atoms with Gasteiger partial charge in [0.05, 0.1) is 0 Å². The number of halogens is 1. The molecule has 1 aliphatic rings. The molecular formula is C21H23BrN2O3. The Bertz CT molecular complexity index is 872. The van der Waals surface area contributed by atoms with Gasteiger partial charge in [-0.25, -0.2) is 0 Å². The van der Waals surface area contributed by atoms with Crippen molar-refractivity contribution >= 4 is 39.5 Å². The molecule has 1 aromatic heterocycles. The van der Waals surface area contributed by atoms with Crippen LogP contribution in [-0.2, 0) is 9.59 Å². The minimum Gasteiger partial charge on any atom is -0.461 e. The van der Waals surface area contributed by atoms with E-state index < -0.39 is 0 Å². The fourth-order valence-corrected chi connectivity index (χ4v) is 3.19. The molecule has 2 unspecified atom stereocenters. The number of amides is 2. The van der Waals surface area contributed by atoms with E-state index >= 15 is 0 Å². The van der Waals surface area contributed by atoms with Crippen LogP contribution in [0.4, 0.5) is 5.69 Å². The third kappa shape index (κ3) is 5.57. The van der Waals surface area contributed by atoms with Gasteiger partial charge in [0.1, 0.15) is 11.5 Å². The molecule has 0 bridgehead atoms. The fourth-order valence-electron chi connectivity index (χ4n) is 2.83. The highest BCUT2D eigenvalue weighted by atomic mass is 79.9. The fraction of sp³-hybridized carbons (Fsp3) is 0.333. The minimum atomic E-state index is -0.251. The summed E-state index contributed by atoms with van der Waals surface area (Å²) in [5.41, 5.74) is 1.75. The standard InChI is InChI=1S/C21H23BrN2O3/c1-13-3-4-15(22)12-18(13)24-21(26)9-10-23-20(25)8-6-16-5-7-19(27-16)17-11-14(17)2/h3-8,12,14,17H,9-11H2,1-2H3,(H,23,25)(H,24,26)/b8-6+. The second-order valence-corrected chi connectivity index (χ2v) is 7.86. The van der Waals surface area contributed by atoms with E-state index in [1.54, 1.807) is 6.08 Å². The Morgan fingerprint density at radius 2 is 2.07 bits per heavy atom. The van der Waals surface area contributed by atoms with Crippen LogP contribution < -0.4 is 10.6 Å². The van der Waals surface area contributed by atoms with Crippen LogP contribution in [0.1, 0.15) is 42.8 Å². The Morgan fingerprint density at radius 1 is 1.30 bits per heavy atom. The van der Waals surface area contributed by atoms with Gasteiger partial charge in [-0.2, -0.15) is 0 Å². The topological polar surface area (TPSA) is 71.3 Å². The predicted octanol–water partition coefficient (Wildman–Crippen LogP) is 4.63. The second-order valence-electron chi connectivity index (χ2n) is 6.94. The molecule has 27 heavy (non-hydrogen) atoms. The molecule has 0 saturated heterocycles. The third-order valence-electron chi connectivity index (χ3n) is 4.65. The van der Waals surface area contributed by atoms with Gasteiger partial charge in [-0.1, -0.05) is 28.9 Å². The predicted molar refractivity (Wildman–Crippen MR) is 109 cm³/mol.